The van der Waals surface area contributed by atoms with Gasteiger partial charge in [0.1, 0.15) is 23.9 Å². The van der Waals surface area contributed by atoms with Crippen LogP contribution in [0.1, 0.15) is 37.8 Å². The van der Waals surface area contributed by atoms with Crippen molar-refractivity contribution in [2.24, 2.45) is 0 Å². The van der Waals surface area contributed by atoms with Gasteiger partial charge in [-0.3, -0.25) is 4.79 Å². The highest BCUT2D eigenvalue weighted by molar-refractivity contribution is 5.80. The molecule has 2 aromatic carbocycles. The van der Waals surface area contributed by atoms with E-state index in [0.29, 0.717) is 56.5 Å². The fourth-order valence-corrected chi connectivity index (χ4v) is 2.99. The lowest BCUT2D eigenvalue weighted by atomic mass is 9.91. The van der Waals surface area contributed by atoms with E-state index in [2.05, 4.69) is 5.32 Å². The van der Waals surface area contributed by atoms with E-state index in [0.717, 1.165) is 0 Å². The fourth-order valence-electron chi connectivity index (χ4n) is 2.99. The summed E-state index contributed by atoms with van der Waals surface area (Å²) in [6.07, 6.45) is -0.470. The quantitative estimate of drug-likeness (QED) is 0.439. The van der Waals surface area contributed by atoms with Gasteiger partial charge in [-0.2, -0.15) is 0 Å². The van der Waals surface area contributed by atoms with Crippen LogP contribution in [0, 0.1) is 0 Å². The van der Waals surface area contributed by atoms with Crippen LogP contribution in [0.25, 0.3) is 0 Å². The number of carbonyl (C=O) groups excluding carboxylic acids is 1. The topological polar surface area (TPSA) is 103 Å². The summed E-state index contributed by atoms with van der Waals surface area (Å²) in [7, 11) is 0. The van der Waals surface area contributed by atoms with E-state index in [9.17, 15) is 14.7 Å². The van der Waals surface area contributed by atoms with E-state index in [1.165, 1.54) is 0 Å². The van der Waals surface area contributed by atoms with Crippen molar-refractivity contribution in [2.75, 3.05) is 39.6 Å². The standard InChI is InChI=1S/C25H33NO7/c1-25(2,3)33-24(29)26-12-13-30-14-15-31-16-17-32-21-11-7-10-20(18-21)22(23(27)28)19-8-5-4-6-9-19/h4-11,18,22H,12-17H2,1-3H3,(H,26,29)(H,27,28). The minimum Gasteiger partial charge on any atom is -0.491 e. The van der Waals surface area contributed by atoms with Gasteiger partial charge in [0, 0.05) is 6.54 Å². The second kappa shape index (κ2) is 13.4. The van der Waals surface area contributed by atoms with Gasteiger partial charge in [-0.1, -0.05) is 42.5 Å². The molecule has 0 saturated heterocycles. The number of benzene rings is 2. The molecule has 2 aromatic rings. The SMILES string of the molecule is CC(C)(C)OC(=O)NCCOCCOCCOc1cccc(C(C(=O)O)c2ccccc2)c1. The maximum Gasteiger partial charge on any atom is 0.407 e. The monoisotopic (exact) mass is 459 g/mol. The zero-order valence-electron chi connectivity index (χ0n) is 19.4. The highest BCUT2D eigenvalue weighted by Gasteiger charge is 2.22. The van der Waals surface area contributed by atoms with Gasteiger partial charge in [-0.25, -0.2) is 4.79 Å². The first-order valence-electron chi connectivity index (χ1n) is 10.9. The molecule has 180 valence electrons. The Labute approximate surface area is 194 Å². The third kappa shape index (κ3) is 10.4. The Morgan fingerprint density at radius 1 is 0.879 bits per heavy atom. The van der Waals surface area contributed by atoms with Crippen LogP contribution in [0.5, 0.6) is 5.75 Å². The summed E-state index contributed by atoms with van der Waals surface area (Å²) in [5, 5.41) is 12.3. The highest BCUT2D eigenvalue weighted by Crippen LogP contribution is 2.27. The number of ether oxygens (including phenoxy) is 4. The molecule has 0 aliphatic heterocycles. The predicted octanol–water partition coefficient (Wildman–Crippen LogP) is 3.84. The van der Waals surface area contributed by atoms with Crippen molar-refractivity contribution in [2.45, 2.75) is 32.3 Å². The van der Waals surface area contributed by atoms with E-state index in [1.54, 1.807) is 57.2 Å². The van der Waals surface area contributed by atoms with Gasteiger partial charge in [0.05, 0.1) is 26.4 Å². The second-order valence-electron chi connectivity index (χ2n) is 8.26. The zero-order valence-corrected chi connectivity index (χ0v) is 19.4. The molecule has 0 heterocycles. The number of alkyl carbamates (subject to hydrolysis) is 1. The van der Waals surface area contributed by atoms with Crippen LogP contribution in [0.4, 0.5) is 4.79 Å². The number of carboxylic acid groups (broad SMARTS) is 1. The van der Waals surface area contributed by atoms with Gasteiger partial charge in [-0.15, -0.1) is 0 Å². The minimum absolute atomic E-state index is 0.326. The maximum absolute atomic E-state index is 11.8. The fraction of sp³-hybridized carbons (Fsp3) is 0.440. The normalized spacial score (nSPS) is 12.1. The molecule has 2 rings (SSSR count). The Morgan fingerprint density at radius 3 is 2.18 bits per heavy atom. The molecule has 0 aromatic heterocycles. The molecule has 0 fully saturated rings. The average Bonchev–Trinajstić information content (AvgIpc) is 2.75. The summed E-state index contributed by atoms with van der Waals surface area (Å²) in [5.41, 5.74) is 0.842. The van der Waals surface area contributed by atoms with Gasteiger partial charge in [-0.05, 0) is 44.0 Å². The van der Waals surface area contributed by atoms with Gasteiger partial charge in [0.25, 0.3) is 0 Å². The van der Waals surface area contributed by atoms with E-state index in [4.69, 9.17) is 18.9 Å². The van der Waals surface area contributed by atoms with E-state index in [1.807, 2.05) is 18.2 Å². The van der Waals surface area contributed by atoms with Crippen molar-refractivity contribution in [3.05, 3.63) is 65.7 Å². The number of hydrogen-bond acceptors (Lipinski definition) is 6. The van der Waals surface area contributed by atoms with Gasteiger partial charge in [0.15, 0.2) is 0 Å². The van der Waals surface area contributed by atoms with Crippen LogP contribution in [0.2, 0.25) is 0 Å². The molecule has 33 heavy (non-hydrogen) atoms. The van der Waals surface area contributed by atoms with Crippen LogP contribution in [-0.4, -0.2) is 62.3 Å². The van der Waals surface area contributed by atoms with E-state index < -0.39 is 23.6 Å². The van der Waals surface area contributed by atoms with Crippen molar-refractivity contribution >= 4 is 12.1 Å². The maximum atomic E-state index is 11.8. The lowest BCUT2D eigenvalue weighted by Crippen LogP contribution is -2.34. The number of amides is 1. The van der Waals surface area contributed by atoms with Crippen LogP contribution in [0.3, 0.4) is 0 Å². The Morgan fingerprint density at radius 2 is 1.52 bits per heavy atom. The largest absolute Gasteiger partial charge is 0.491 e. The molecule has 0 aliphatic rings. The first kappa shape index (κ1) is 26.2. The molecule has 0 spiro atoms. The third-order valence-electron chi connectivity index (χ3n) is 4.35. The molecular formula is C25H33NO7. The number of nitrogens with one attached hydrogen (secondary N) is 1. The summed E-state index contributed by atoms with van der Waals surface area (Å²) < 4.78 is 21.7. The summed E-state index contributed by atoms with van der Waals surface area (Å²) in [5.74, 6) is -1.08. The van der Waals surface area contributed by atoms with Crippen molar-refractivity contribution in [3.63, 3.8) is 0 Å². The third-order valence-corrected chi connectivity index (χ3v) is 4.35. The molecule has 0 saturated carbocycles. The number of carboxylic acids is 1. The average molecular weight is 460 g/mol. The van der Waals surface area contributed by atoms with Crippen molar-refractivity contribution in [1.82, 2.24) is 5.32 Å². The second-order valence-corrected chi connectivity index (χ2v) is 8.26. The van der Waals surface area contributed by atoms with E-state index >= 15 is 0 Å². The minimum atomic E-state index is -0.914. The number of hydrogen-bond donors (Lipinski definition) is 2. The lowest BCUT2D eigenvalue weighted by Gasteiger charge is -2.19. The van der Waals surface area contributed by atoms with E-state index in [-0.39, 0.29) is 0 Å². The molecule has 1 amide bonds. The summed E-state index contributed by atoms with van der Waals surface area (Å²) in [4.78, 5) is 23.3. The van der Waals surface area contributed by atoms with Gasteiger partial charge >= 0.3 is 12.1 Å². The summed E-state index contributed by atoms with van der Waals surface area (Å²) in [6.45, 7) is 7.60. The molecule has 0 radical (unpaired) electrons. The Bertz CT molecular complexity index is 865. The molecule has 1 atom stereocenters. The number of carbonyl (C=O) groups is 2. The molecule has 2 N–H and O–H groups in total. The van der Waals surface area contributed by atoms with Crippen molar-refractivity contribution < 1.29 is 33.6 Å². The van der Waals surface area contributed by atoms with Crippen LogP contribution >= 0.6 is 0 Å². The molecule has 8 heteroatoms. The molecule has 0 aliphatic carbocycles. The van der Waals surface area contributed by atoms with Gasteiger partial charge in [0.2, 0.25) is 0 Å². The molecular weight excluding hydrogens is 426 g/mol. The van der Waals surface area contributed by atoms with Crippen LogP contribution < -0.4 is 10.1 Å². The highest BCUT2D eigenvalue weighted by atomic mass is 16.6. The van der Waals surface area contributed by atoms with Crippen LogP contribution in [0.15, 0.2) is 54.6 Å². The molecule has 8 nitrogen and oxygen atoms in total. The Kier molecular flexibility index (Phi) is 10.7. The molecule has 1 unspecified atom stereocenters. The Hall–Kier alpha value is -3.10. The Balaban J connectivity index is 1.63. The van der Waals surface area contributed by atoms with Crippen molar-refractivity contribution in [3.8, 4) is 5.75 Å². The molecule has 0 bridgehead atoms. The number of aliphatic carboxylic acids is 1. The zero-order chi connectivity index (χ0) is 24.1. The number of rotatable bonds is 13. The van der Waals surface area contributed by atoms with Crippen molar-refractivity contribution in [1.29, 1.82) is 0 Å². The first-order valence-corrected chi connectivity index (χ1v) is 10.9. The summed E-state index contributed by atoms with van der Waals surface area (Å²) >= 11 is 0. The smallest absolute Gasteiger partial charge is 0.407 e. The lowest BCUT2D eigenvalue weighted by molar-refractivity contribution is -0.137. The van der Waals surface area contributed by atoms with Gasteiger partial charge < -0.3 is 29.4 Å². The van der Waals surface area contributed by atoms with Crippen LogP contribution in [-0.2, 0) is 19.0 Å². The first-order chi connectivity index (χ1) is 15.8. The predicted molar refractivity (Wildman–Crippen MR) is 124 cm³/mol. The summed E-state index contributed by atoms with van der Waals surface area (Å²) in [6, 6.07) is 16.2.